The van der Waals surface area contributed by atoms with E-state index in [0.29, 0.717) is 49.0 Å². The third-order valence-electron chi connectivity index (χ3n) is 6.84. The van der Waals surface area contributed by atoms with Gasteiger partial charge < -0.3 is 24.2 Å². The summed E-state index contributed by atoms with van der Waals surface area (Å²) in [5, 5.41) is 13.7. The van der Waals surface area contributed by atoms with Gasteiger partial charge in [0.05, 0.1) is 41.9 Å². The molecule has 2 aromatic heterocycles. The Kier molecular flexibility index (Phi) is 7.90. The van der Waals surface area contributed by atoms with Crippen LogP contribution in [0.25, 0.3) is 11.3 Å². The Morgan fingerprint density at radius 1 is 1.29 bits per heavy atom. The van der Waals surface area contributed by atoms with Crippen molar-refractivity contribution < 1.29 is 28.9 Å². The largest absolute Gasteiger partial charge is 0.489 e. The number of nitrogens with zero attached hydrogens (tertiary/aromatic N) is 4. The van der Waals surface area contributed by atoms with Gasteiger partial charge in [-0.1, -0.05) is 0 Å². The van der Waals surface area contributed by atoms with Crippen LogP contribution in [0, 0.1) is 18.8 Å². The van der Waals surface area contributed by atoms with Crippen molar-refractivity contribution in [2.24, 2.45) is 18.9 Å². The first kappa shape index (κ1) is 25.0. The van der Waals surface area contributed by atoms with Crippen LogP contribution in [0.1, 0.15) is 43.5 Å². The highest BCUT2D eigenvalue weighted by Crippen LogP contribution is 2.31. The summed E-state index contributed by atoms with van der Waals surface area (Å²) in [7, 11) is 3.54. The number of carboxylic acids is 1. The molecule has 10 heteroatoms. The fourth-order valence-corrected chi connectivity index (χ4v) is 4.76. The number of carboxylic acid groups (broad SMARTS) is 1. The molecule has 3 atom stereocenters. The van der Waals surface area contributed by atoms with E-state index in [4.69, 9.17) is 19.2 Å². The van der Waals surface area contributed by atoms with Crippen LogP contribution in [-0.4, -0.2) is 69.7 Å². The lowest BCUT2D eigenvalue weighted by atomic mass is 9.87. The maximum atomic E-state index is 12.5. The number of rotatable bonds is 8. The van der Waals surface area contributed by atoms with Crippen molar-refractivity contribution in [1.82, 2.24) is 19.7 Å². The van der Waals surface area contributed by atoms with E-state index in [1.165, 1.54) is 0 Å². The quantitative estimate of drug-likeness (QED) is 0.603. The molecule has 35 heavy (non-hydrogen) atoms. The van der Waals surface area contributed by atoms with Crippen LogP contribution >= 0.6 is 0 Å². The third kappa shape index (κ3) is 6.11. The Balaban J connectivity index is 1.40. The Labute approximate surface area is 205 Å². The Morgan fingerprint density at radius 3 is 2.83 bits per heavy atom. The number of aryl methyl sites for hydroxylation is 2. The maximum Gasteiger partial charge on any atom is 0.409 e. The summed E-state index contributed by atoms with van der Waals surface area (Å²) in [6.45, 7) is 3.97. The molecule has 1 aliphatic carbocycles. The van der Waals surface area contributed by atoms with E-state index in [2.05, 4.69) is 5.10 Å². The molecule has 10 nitrogen and oxygen atoms in total. The summed E-state index contributed by atoms with van der Waals surface area (Å²) in [4.78, 5) is 30.1. The van der Waals surface area contributed by atoms with Gasteiger partial charge in [-0.05, 0) is 51.2 Å². The molecule has 4 rings (SSSR count). The van der Waals surface area contributed by atoms with Gasteiger partial charge in [-0.15, -0.1) is 0 Å². The van der Waals surface area contributed by atoms with E-state index in [1.54, 1.807) is 29.9 Å². The van der Waals surface area contributed by atoms with E-state index < -0.39 is 5.97 Å². The zero-order valence-electron chi connectivity index (χ0n) is 20.6. The highest BCUT2D eigenvalue weighted by molar-refractivity contribution is 5.70. The summed E-state index contributed by atoms with van der Waals surface area (Å²) in [5.41, 5.74) is 2.95. The topological polar surface area (TPSA) is 116 Å². The van der Waals surface area contributed by atoms with Gasteiger partial charge in [0.2, 0.25) is 0 Å². The lowest BCUT2D eigenvalue weighted by Gasteiger charge is -2.27. The molecule has 1 N–H and O–H groups in total. The van der Waals surface area contributed by atoms with Gasteiger partial charge in [0.25, 0.3) is 0 Å². The minimum atomic E-state index is -0.757. The van der Waals surface area contributed by atoms with Crippen LogP contribution < -0.4 is 4.74 Å². The number of aliphatic carboxylic acids is 1. The van der Waals surface area contributed by atoms with Crippen molar-refractivity contribution in [3.8, 4) is 17.0 Å². The van der Waals surface area contributed by atoms with Gasteiger partial charge >= 0.3 is 12.1 Å². The average molecular weight is 487 g/mol. The summed E-state index contributed by atoms with van der Waals surface area (Å²) in [6, 6.07) is 3.72. The zero-order valence-corrected chi connectivity index (χ0v) is 20.6. The van der Waals surface area contributed by atoms with Crippen LogP contribution in [0.5, 0.6) is 5.75 Å². The predicted molar refractivity (Wildman–Crippen MR) is 127 cm³/mol. The molecular formula is C25H34N4O6. The van der Waals surface area contributed by atoms with E-state index in [0.717, 1.165) is 37.1 Å². The summed E-state index contributed by atoms with van der Waals surface area (Å²) < 4.78 is 18.8. The van der Waals surface area contributed by atoms with Gasteiger partial charge in [0.1, 0.15) is 12.4 Å². The standard InChI is InChI=1S/C25H34N4O6/c1-16-23(35-19-6-4-5-18(11-19)24(30)31)8-7-21(27-16)20-12-26-29(3)22(20)15-34-25(32)28(2)13-17-9-10-33-14-17/h7-8,12,17-19H,4-6,9-11,13-15H2,1-3H3,(H,30,31)/t17-,18+,19+/m1/s1. The molecule has 2 aliphatic rings. The van der Waals surface area contributed by atoms with E-state index in [9.17, 15) is 14.7 Å². The van der Waals surface area contributed by atoms with Crippen LogP contribution in [0.2, 0.25) is 0 Å². The monoisotopic (exact) mass is 486 g/mol. The molecule has 2 aromatic rings. The summed E-state index contributed by atoms with van der Waals surface area (Å²) in [6.07, 6.45) is 5.04. The number of hydrogen-bond acceptors (Lipinski definition) is 7. The van der Waals surface area contributed by atoms with Crippen LogP contribution in [0.15, 0.2) is 18.3 Å². The highest BCUT2D eigenvalue weighted by Gasteiger charge is 2.28. The lowest BCUT2D eigenvalue weighted by molar-refractivity contribution is -0.143. The number of amides is 1. The Bertz CT molecular complexity index is 1050. The number of carbonyl (C=O) groups is 2. The Hall–Kier alpha value is -3.14. The molecule has 0 bridgehead atoms. The molecule has 1 aliphatic heterocycles. The molecule has 190 valence electrons. The molecule has 1 amide bonds. The SMILES string of the molecule is Cc1nc(-c2cnn(C)c2COC(=O)N(C)C[C@H]2CCOC2)ccc1O[C@H]1CCC[C@H](C(=O)O)C1. The van der Waals surface area contributed by atoms with Crippen molar-refractivity contribution in [2.45, 2.75) is 51.7 Å². The van der Waals surface area contributed by atoms with Crippen molar-refractivity contribution >= 4 is 12.1 Å². The first-order chi connectivity index (χ1) is 16.8. The molecule has 0 unspecified atom stereocenters. The van der Waals surface area contributed by atoms with Crippen molar-refractivity contribution in [3.63, 3.8) is 0 Å². The molecule has 0 spiro atoms. The summed E-state index contributed by atoms with van der Waals surface area (Å²) >= 11 is 0. The smallest absolute Gasteiger partial charge is 0.409 e. The molecular weight excluding hydrogens is 452 g/mol. The fourth-order valence-electron chi connectivity index (χ4n) is 4.76. The van der Waals surface area contributed by atoms with Gasteiger partial charge in [0, 0.05) is 38.7 Å². The van der Waals surface area contributed by atoms with Crippen LogP contribution in [-0.2, 0) is 27.9 Å². The van der Waals surface area contributed by atoms with Gasteiger partial charge in [-0.2, -0.15) is 5.10 Å². The molecule has 3 heterocycles. The molecule has 2 fully saturated rings. The number of aromatic nitrogens is 3. The Morgan fingerprint density at radius 2 is 2.11 bits per heavy atom. The predicted octanol–water partition coefficient (Wildman–Crippen LogP) is 3.42. The molecule has 1 saturated carbocycles. The normalized spacial score (nSPS) is 22.1. The van der Waals surface area contributed by atoms with Gasteiger partial charge in [-0.3, -0.25) is 9.48 Å². The maximum absolute atomic E-state index is 12.5. The highest BCUT2D eigenvalue weighted by atomic mass is 16.6. The second kappa shape index (κ2) is 11.1. The number of carbonyl (C=O) groups excluding carboxylic acids is 1. The first-order valence-corrected chi connectivity index (χ1v) is 12.2. The molecule has 0 aromatic carbocycles. The average Bonchev–Trinajstić information content (AvgIpc) is 3.48. The minimum absolute atomic E-state index is 0.0772. The van der Waals surface area contributed by atoms with Gasteiger partial charge in [0.15, 0.2) is 0 Å². The van der Waals surface area contributed by atoms with Crippen LogP contribution in [0.3, 0.4) is 0 Å². The second-order valence-corrected chi connectivity index (χ2v) is 9.51. The number of pyridine rings is 1. The second-order valence-electron chi connectivity index (χ2n) is 9.51. The fraction of sp³-hybridized carbons (Fsp3) is 0.600. The number of ether oxygens (including phenoxy) is 3. The van der Waals surface area contributed by atoms with Crippen molar-refractivity contribution in [1.29, 1.82) is 0 Å². The molecule has 0 radical (unpaired) electrons. The lowest BCUT2D eigenvalue weighted by Crippen LogP contribution is -2.32. The van der Waals surface area contributed by atoms with E-state index in [-0.39, 0.29) is 24.7 Å². The zero-order chi connectivity index (χ0) is 24.9. The molecule has 1 saturated heterocycles. The van der Waals surface area contributed by atoms with E-state index in [1.807, 2.05) is 19.1 Å². The number of hydrogen-bond donors (Lipinski definition) is 1. The van der Waals surface area contributed by atoms with Crippen LogP contribution in [0.4, 0.5) is 4.79 Å². The van der Waals surface area contributed by atoms with Gasteiger partial charge in [-0.25, -0.2) is 9.78 Å². The van der Waals surface area contributed by atoms with E-state index >= 15 is 0 Å². The van der Waals surface area contributed by atoms with Crippen molar-refractivity contribution in [2.75, 3.05) is 26.8 Å². The minimum Gasteiger partial charge on any atom is -0.489 e. The summed E-state index contributed by atoms with van der Waals surface area (Å²) in [5.74, 6) is -0.116. The first-order valence-electron chi connectivity index (χ1n) is 12.2. The van der Waals surface area contributed by atoms with Crippen molar-refractivity contribution in [3.05, 3.63) is 29.7 Å². The third-order valence-corrected chi connectivity index (χ3v) is 6.84.